The molecule has 1 aliphatic heterocycles. The predicted molar refractivity (Wildman–Crippen MR) is 89.8 cm³/mol. The minimum absolute atomic E-state index is 0.0165. The zero-order chi connectivity index (χ0) is 17.5. The number of amides is 1. The molecule has 0 radical (unpaired) electrons. The lowest BCUT2D eigenvalue weighted by Gasteiger charge is -2.22. The minimum Gasteiger partial charge on any atom is -0.337 e. The first-order chi connectivity index (χ1) is 10.5. The van der Waals surface area contributed by atoms with Gasteiger partial charge in [0.05, 0.1) is 4.90 Å². The van der Waals surface area contributed by atoms with Crippen molar-refractivity contribution >= 4 is 15.9 Å². The Labute approximate surface area is 138 Å². The first-order valence-corrected chi connectivity index (χ1v) is 9.16. The molecule has 0 saturated carbocycles. The van der Waals surface area contributed by atoms with Crippen LogP contribution in [0, 0.1) is 19.8 Å². The monoisotopic (exact) mass is 339 g/mol. The summed E-state index contributed by atoms with van der Waals surface area (Å²) in [7, 11) is 0.167. The second-order valence-corrected chi connectivity index (χ2v) is 8.23. The molecule has 1 amide bonds. The highest BCUT2D eigenvalue weighted by molar-refractivity contribution is 7.89. The number of likely N-dealkylation sites (N-methyl/N-ethyl adjacent to an activating group) is 1. The van der Waals surface area contributed by atoms with Crippen LogP contribution in [-0.2, 0) is 10.0 Å². The van der Waals surface area contributed by atoms with Crippen LogP contribution in [0.4, 0.5) is 0 Å². The Hall–Kier alpha value is -1.44. The largest absolute Gasteiger partial charge is 0.337 e. The first-order valence-electron chi connectivity index (χ1n) is 7.62. The SMILES string of the molecule is Cc1cc(C)c(S(N)(=O)=O)cc1C(=O)N1C[C@@H](C)[C@@H](N(C)C)C1. The minimum atomic E-state index is -3.84. The van der Waals surface area contributed by atoms with Crippen molar-refractivity contribution in [1.82, 2.24) is 9.80 Å². The van der Waals surface area contributed by atoms with Crippen molar-refractivity contribution in [2.45, 2.75) is 31.7 Å². The highest BCUT2D eigenvalue weighted by Crippen LogP contribution is 2.25. The van der Waals surface area contributed by atoms with Crippen molar-refractivity contribution in [3.8, 4) is 0 Å². The van der Waals surface area contributed by atoms with Gasteiger partial charge in [-0.05, 0) is 51.1 Å². The molecule has 0 aromatic heterocycles. The molecule has 0 aliphatic carbocycles. The number of rotatable bonds is 3. The maximum absolute atomic E-state index is 12.8. The predicted octanol–water partition coefficient (Wildman–Crippen LogP) is 0.973. The number of nitrogens with two attached hydrogens (primary N) is 1. The third-order valence-corrected chi connectivity index (χ3v) is 5.63. The van der Waals surface area contributed by atoms with E-state index in [2.05, 4.69) is 11.8 Å². The van der Waals surface area contributed by atoms with E-state index in [-0.39, 0.29) is 10.8 Å². The van der Waals surface area contributed by atoms with Gasteiger partial charge in [0, 0.05) is 24.7 Å². The van der Waals surface area contributed by atoms with Crippen molar-refractivity contribution in [2.24, 2.45) is 11.1 Å². The molecule has 2 N–H and O–H groups in total. The summed E-state index contributed by atoms with van der Waals surface area (Å²) in [6, 6.07) is 3.42. The third-order valence-electron chi connectivity index (χ3n) is 4.58. The fourth-order valence-corrected chi connectivity index (χ4v) is 4.12. The maximum Gasteiger partial charge on any atom is 0.254 e. The number of nitrogens with zero attached hydrogens (tertiary/aromatic N) is 2. The van der Waals surface area contributed by atoms with Gasteiger partial charge in [0.15, 0.2) is 0 Å². The number of benzene rings is 1. The Balaban J connectivity index is 2.37. The fourth-order valence-electron chi connectivity index (χ4n) is 3.33. The van der Waals surface area contributed by atoms with E-state index in [9.17, 15) is 13.2 Å². The smallest absolute Gasteiger partial charge is 0.254 e. The van der Waals surface area contributed by atoms with Gasteiger partial charge in [0.2, 0.25) is 10.0 Å². The Bertz CT molecular complexity index is 728. The molecule has 23 heavy (non-hydrogen) atoms. The number of sulfonamides is 1. The summed E-state index contributed by atoms with van der Waals surface area (Å²) in [5.74, 6) is 0.237. The van der Waals surface area contributed by atoms with E-state index in [1.807, 2.05) is 21.0 Å². The van der Waals surface area contributed by atoms with E-state index in [0.29, 0.717) is 36.2 Å². The van der Waals surface area contributed by atoms with Crippen LogP contribution in [0.1, 0.15) is 28.4 Å². The Kier molecular flexibility index (Phi) is 4.84. The number of likely N-dealkylation sites (tertiary alicyclic amines) is 1. The van der Waals surface area contributed by atoms with E-state index in [1.165, 1.54) is 6.07 Å². The van der Waals surface area contributed by atoms with Crippen molar-refractivity contribution < 1.29 is 13.2 Å². The maximum atomic E-state index is 12.8. The number of aryl methyl sites for hydroxylation is 2. The topological polar surface area (TPSA) is 83.7 Å². The molecule has 0 unspecified atom stereocenters. The molecular formula is C16H25N3O3S. The molecule has 1 aromatic carbocycles. The highest BCUT2D eigenvalue weighted by Gasteiger charge is 2.34. The standard InChI is InChI=1S/C16H25N3O3S/c1-10-6-11(2)15(23(17,21)22)7-13(10)16(20)19-8-12(3)14(9-19)18(4)5/h6-7,12,14H,8-9H2,1-5H3,(H2,17,21,22)/t12-,14+/m1/s1. The lowest BCUT2D eigenvalue weighted by Crippen LogP contribution is -2.36. The average molecular weight is 339 g/mol. The van der Waals surface area contributed by atoms with Crippen LogP contribution < -0.4 is 5.14 Å². The van der Waals surface area contributed by atoms with Crippen molar-refractivity contribution in [3.05, 3.63) is 28.8 Å². The van der Waals surface area contributed by atoms with Gasteiger partial charge in [-0.25, -0.2) is 13.6 Å². The fraction of sp³-hybridized carbons (Fsp3) is 0.562. The molecule has 2 rings (SSSR count). The molecule has 2 atom stereocenters. The molecule has 1 aliphatic rings. The number of hydrogen-bond acceptors (Lipinski definition) is 4. The van der Waals surface area contributed by atoms with Gasteiger partial charge < -0.3 is 9.80 Å². The number of carbonyl (C=O) groups excluding carboxylic acids is 1. The Morgan fingerprint density at radius 2 is 1.83 bits per heavy atom. The zero-order valence-electron chi connectivity index (χ0n) is 14.3. The lowest BCUT2D eigenvalue weighted by molar-refractivity contribution is 0.0780. The van der Waals surface area contributed by atoms with Crippen LogP contribution in [0.5, 0.6) is 0 Å². The molecule has 128 valence electrons. The molecule has 7 heteroatoms. The summed E-state index contributed by atoms with van der Waals surface area (Å²) in [4.78, 5) is 16.8. The summed E-state index contributed by atoms with van der Waals surface area (Å²) in [6.45, 7) is 6.93. The summed E-state index contributed by atoms with van der Waals surface area (Å²) >= 11 is 0. The Morgan fingerprint density at radius 1 is 1.22 bits per heavy atom. The van der Waals surface area contributed by atoms with Crippen LogP contribution in [0.25, 0.3) is 0 Å². The van der Waals surface area contributed by atoms with Crippen molar-refractivity contribution in [2.75, 3.05) is 27.2 Å². The van der Waals surface area contributed by atoms with Crippen LogP contribution in [0.15, 0.2) is 17.0 Å². The van der Waals surface area contributed by atoms with Gasteiger partial charge in [-0.1, -0.05) is 13.0 Å². The molecule has 0 spiro atoms. The quantitative estimate of drug-likeness (QED) is 0.889. The van der Waals surface area contributed by atoms with E-state index in [0.717, 1.165) is 5.56 Å². The average Bonchev–Trinajstić information content (AvgIpc) is 2.78. The van der Waals surface area contributed by atoms with Gasteiger partial charge in [0.25, 0.3) is 5.91 Å². The second kappa shape index (κ2) is 6.22. The van der Waals surface area contributed by atoms with Gasteiger partial charge in [0.1, 0.15) is 0 Å². The van der Waals surface area contributed by atoms with Crippen LogP contribution in [-0.4, -0.2) is 57.4 Å². The van der Waals surface area contributed by atoms with E-state index >= 15 is 0 Å². The van der Waals surface area contributed by atoms with Crippen molar-refractivity contribution in [1.29, 1.82) is 0 Å². The third kappa shape index (κ3) is 3.57. The lowest BCUT2D eigenvalue weighted by atomic mass is 10.0. The van der Waals surface area contributed by atoms with Crippen LogP contribution in [0.2, 0.25) is 0 Å². The van der Waals surface area contributed by atoms with E-state index in [4.69, 9.17) is 5.14 Å². The normalized spacial score (nSPS) is 22.0. The summed E-state index contributed by atoms with van der Waals surface area (Å²) in [6.07, 6.45) is 0. The number of carbonyl (C=O) groups is 1. The van der Waals surface area contributed by atoms with Crippen molar-refractivity contribution in [3.63, 3.8) is 0 Å². The van der Waals surface area contributed by atoms with Gasteiger partial charge in [-0.2, -0.15) is 0 Å². The highest BCUT2D eigenvalue weighted by atomic mass is 32.2. The first kappa shape index (κ1) is 17.9. The number of hydrogen-bond donors (Lipinski definition) is 1. The van der Waals surface area contributed by atoms with E-state index < -0.39 is 10.0 Å². The molecule has 0 bridgehead atoms. The molecule has 1 fully saturated rings. The number of primary sulfonamides is 1. The van der Waals surface area contributed by atoms with E-state index in [1.54, 1.807) is 17.9 Å². The van der Waals surface area contributed by atoms with Crippen LogP contribution in [0.3, 0.4) is 0 Å². The second-order valence-electron chi connectivity index (χ2n) is 6.70. The van der Waals surface area contributed by atoms with Gasteiger partial charge >= 0.3 is 0 Å². The summed E-state index contributed by atoms with van der Waals surface area (Å²) in [5, 5.41) is 5.25. The molecule has 6 nitrogen and oxygen atoms in total. The summed E-state index contributed by atoms with van der Waals surface area (Å²) in [5.41, 5.74) is 1.73. The molecule has 1 saturated heterocycles. The molecular weight excluding hydrogens is 314 g/mol. The van der Waals surface area contributed by atoms with Gasteiger partial charge in [-0.3, -0.25) is 4.79 Å². The van der Waals surface area contributed by atoms with Gasteiger partial charge in [-0.15, -0.1) is 0 Å². The zero-order valence-corrected chi connectivity index (χ0v) is 15.1. The van der Waals surface area contributed by atoms with Crippen LogP contribution >= 0.6 is 0 Å². The molecule has 1 aromatic rings. The summed E-state index contributed by atoms with van der Waals surface area (Å²) < 4.78 is 23.4. The Morgan fingerprint density at radius 3 is 2.30 bits per heavy atom. The molecule has 1 heterocycles.